The number of aliphatic hydroxyl groups excluding tert-OH is 1. The number of hydrogen-bond acceptors (Lipinski definition) is 6. The van der Waals surface area contributed by atoms with Gasteiger partial charge in [-0.15, -0.1) is 11.8 Å². The van der Waals surface area contributed by atoms with Crippen molar-refractivity contribution in [3.8, 4) is 0 Å². The number of aliphatic hydroxyl groups is 1. The van der Waals surface area contributed by atoms with E-state index in [2.05, 4.69) is 10.6 Å². The highest BCUT2D eigenvalue weighted by atomic mass is 32.2. The van der Waals surface area contributed by atoms with Gasteiger partial charge in [-0.05, 0) is 25.7 Å². The molecule has 2 unspecified atom stereocenters. The second-order valence-corrected chi connectivity index (χ2v) is 9.33. The second-order valence-electron chi connectivity index (χ2n) is 7.93. The molecule has 148 valence electrons. The first kappa shape index (κ1) is 18.8. The van der Waals surface area contributed by atoms with E-state index in [1.54, 1.807) is 14.0 Å². The number of carbonyl (C=O) groups is 3. The van der Waals surface area contributed by atoms with Crippen LogP contribution in [0.25, 0.3) is 0 Å². The maximum absolute atomic E-state index is 12.3. The minimum Gasteiger partial charge on any atom is -0.477 e. The molecule has 7 atom stereocenters. The number of nitrogens with one attached hydrogen (secondary N) is 2. The summed E-state index contributed by atoms with van der Waals surface area (Å²) in [7, 11) is 1.66. The third kappa shape index (κ3) is 3.05. The van der Waals surface area contributed by atoms with Crippen molar-refractivity contribution in [2.24, 2.45) is 17.8 Å². The summed E-state index contributed by atoms with van der Waals surface area (Å²) in [5.74, 6) is -1.35. The number of thioether (sulfide) groups is 1. The lowest BCUT2D eigenvalue weighted by Crippen LogP contribution is -2.61. The Morgan fingerprint density at radius 1 is 1.37 bits per heavy atom. The molecular formula is C18H25N3O5S. The van der Waals surface area contributed by atoms with E-state index in [1.165, 1.54) is 16.7 Å². The highest BCUT2D eigenvalue weighted by Gasteiger charge is 2.57. The normalized spacial score (nSPS) is 38.5. The second kappa shape index (κ2) is 6.79. The van der Waals surface area contributed by atoms with Gasteiger partial charge in [-0.3, -0.25) is 9.59 Å². The first-order valence-electron chi connectivity index (χ1n) is 9.42. The molecule has 0 aromatic carbocycles. The van der Waals surface area contributed by atoms with E-state index in [-0.39, 0.29) is 40.8 Å². The Hall–Kier alpha value is -1.58. The maximum Gasteiger partial charge on any atom is 0.353 e. The largest absolute Gasteiger partial charge is 0.477 e. The number of aliphatic carboxylic acids is 1. The van der Waals surface area contributed by atoms with Gasteiger partial charge in [-0.1, -0.05) is 0 Å². The highest BCUT2D eigenvalue weighted by Crippen LogP contribution is 2.50. The summed E-state index contributed by atoms with van der Waals surface area (Å²) >= 11 is 1.54. The van der Waals surface area contributed by atoms with Crippen molar-refractivity contribution in [2.75, 3.05) is 13.6 Å². The number of hydrogen-bond donors (Lipinski definition) is 4. The van der Waals surface area contributed by atoms with Gasteiger partial charge in [0, 0.05) is 42.1 Å². The average Bonchev–Trinajstić information content (AvgIpc) is 3.16. The van der Waals surface area contributed by atoms with Crippen LogP contribution in [0.15, 0.2) is 10.6 Å². The molecule has 4 aliphatic rings. The van der Waals surface area contributed by atoms with Crippen LogP contribution in [0.3, 0.4) is 0 Å². The number of fused-ring (bicyclic) bond motifs is 1. The molecule has 27 heavy (non-hydrogen) atoms. The molecule has 0 radical (unpaired) electrons. The van der Waals surface area contributed by atoms with Crippen LogP contribution in [-0.2, 0) is 14.4 Å². The molecule has 2 amide bonds. The van der Waals surface area contributed by atoms with Crippen molar-refractivity contribution in [3.05, 3.63) is 10.6 Å². The topological polar surface area (TPSA) is 119 Å². The summed E-state index contributed by atoms with van der Waals surface area (Å²) in [5, 5.41) is 25.8. The van der Waals surface area contributed by atoms with Gasteiger partial charge in [0.15, 0.2) is 0 Å². The minimum absolute atomic E-state index is 0.0860. The number of carbonyl (C=O) groups excluding carboxylic acids is 2. The predicted molar refractivity (Wildman–Crippen MR) is 98.5 cm³/mol. The van der Waals surface area contributed by atoms with Crippen molar-refractivity contribution in [2.45, 2.75) is 49.6 Å². The van der Waals surface area contributed by atoms with Crippen molar-refractivity contribution in [1.29, 1.82) is 0 Å². The molecule has 0 bridgehead atoms. The van der Waals surface area contributed by atoms with E-state index >= 15 is 0 Å². The van der Waals surface area contributed by atoms with Crippen molar-refractivity contribution in [1.82, 2.24) is 15.5 Å². The van der Waals surface area contributed by atoms with E-state index in [0.29, 0.717) is 12.3 Å². The maximum atomic E-state index is 12.3. The minimum atomic E-state index is -1.08. The van der Waals surface area contributed by atoms with Gasteiger partial charge in [-0.25, -0.2) is 4.79 Å². The third-order valence-corrected chi connectivity index (χ3v) is 7.60. The molecular weight excluding hydrogens is 370 g/mol. The zero-order valence-electron chi connectivity index (χ0n) is 15.3. The average molecular weight is 395 g/mol. The van der Waals surface area contributed by atoms with Gasteiger partial charge in [0.1, 0.15) is 5.70 Å². The lowest BCUT2D eigenvalue weighted by atomic mass is 9.83. The summed E-state index contributed by atoms with van der Waals surface area (Å²) in [6, 6.07) is 0.0428. The van der Waals surface area contributed by atoms with Crippen molar-refractivity contribution < 1.29 is 24.6 Å². The van der Waals surface area contributed by atoms with E-state index in [9.17, 15) is 24.6 Å². The molecule has 4 N–H and O–H groups in total. The van der Waals surface area contributed by atoms with Crippen LogP contribution in [0.1, 0.15) is 26.2 Å². The molecule has 0 aromatic heterocycles. The fourth-order valence-corrected chi connectivity index (χ4v) is 6.28. The first-order chi connectivity index (χ1) is 12.8. The third-order valence-electron chi connectivity index (χ3n) is 6.26. The van der Waals surface area contributed by atoms with E-state index in [0.717, 1.165) is 24.3 Å². The number of rotatable bonds is 6. The Balaban J connectivity index is 1.41. The molecule has 8 nitrogen and oxygen atoms in total. The first-order valence-corrected chi connectivity index (χ1v) is 10.3. The molecule has 3 heterocycles. The van der Waals surface area contributed by atoms with Gasteiger partial charge >= 0.3 is 5.97 Å². The monoisotopic (exact) mass is 395 g/mol. The number of nitrogens with zero attached hydrogens (tertiary/aromatic N) is 1. The quantitative estimate of drug-likeness (QED) is 0.458. The van der Waals surface area contributed by atoms with Gasteiger partial charge in [0.05, 0.1) is 18.1 Å². The Labute approximate surface area is 161 Å². The molecule has 1 saturated carbocycles. The Bertz CT molecular complexity index is 724. The molecule has 0 aromatic rings. The molecule has 4 rings (SSSR count). The number of carboxylic acids is 1. The predicted octanol–water partition coefficient (Wildman–Crippen LogP) is -0.260. The Kier molecular flexibility index (Phi) is 4.72. The van der Waals surface area contributed by atoms with E-state index < -0.39 is 18.0 Å². The number of carboxylic acid groups (broad SMARTS) is 1. The lowest BCUT2D eigenvalue weighted by Gasteiger charge is -2.44. The standard InChI is InChI=1S/C18H25N3O5S/c1-7(22)14-12-5-13(15(18(25)26)21(12)17(14)24)27-8-3-11(20-6-8)9-4-10(9)16(23)19-2/h7-12,14,20,22H,3-6H2,1-2H3,(H,19,23)(H,25,26)/t7-,8+,9?,10?,11+,12-,14-/m1/s1. The summed E-state index contributed by atoms with van der Waals surface area (Å²) in [6.45, 7) is 2.34. The number of β-lactam (4-membered cyclic amide) rings is 1. The Morgan fingerprint density at radius 2 is 2.11 bits per heavy atom. The van der Waals surface area contributed by atoms with Crippen LogP contribution in [0.4, 0.5) is 0 Å². The van der Waals surface area contributed by atoms with Crippen LogP contribution in [0.5, 0.6) is 0 Å². The van der Waals surface area contributed by atoms with E-state index in [4.69, 9.17) is 0 Å². The van der Waals surface area contributed by atoms with Crippen molar-refractivity contribution >= 4 is 29.5 Å². The molecule has 3 aliphatic heterocycles. The Morgan fingerprint density at radius 3 is 2.74 bits per heavy atom. The molecule has 3 fully saturated rings. The summed E-state index contributed by atoms with van der Waals surface area (Å²) in [5.41, 5.74) is 0.0880. The fourth-order valence-electron chi connectivity index (χ4n) is 4.83. The lowest BCUT2D eigenvalue weighted by molar-refractivity contribution is -0.161. The molecule has 0 spiro atoms. The zero-order valence-corrected chi connectivity index (χ0v) is 16.2. The fraction of sp³-hybridized carbons (Fsp3) is 0.722. The molecule has 9 heteroatoms. The van der Waals surface area contributed by atoms with Crippen LogP contribution < -0.4 is 10.6 Å². The summed E-state index contributed by atoms with van der Waals surface area (Å²) in [6.07, 6.45) is 1.52. The summed E-state index contributed by atoms with van der Waals surface area (Å²) in [4.78, 5) is 37.8. The van der Waals surface area contributed by atoms with Gasteiger partial charge in [0.2, 0.25) is 11.8 Å². The van der Waals surface area contributed by atoms with E-state index in [1.807, 2.05) is 0 Å². The van der Waals surface area contributed by atoms with Gasteiger partial charge in [0.25, 0.3) is 0 Å². The van der Waals surface area contributed by atoms with Crippen LogP contribution in [0, 0.1) is 17.8 Å². The van der Waals surface area contributed by atoms with Gasteiger partial charge < -0.3 is 25.7 Å². The SMILES string of the molecule is CNC(=O)C1CC1[C@@H]1C[C@H](SC2=C(C(=O)O)N3C(=O)[C@H]([C@@H](C)O)[C@H]3C2)CN1. The zero-order chi connectivity index (χ0) is 19.5. The van der Waals surface area contributed by atoms with Crippen molar-refractivity contribution in [3.63, 3.8) is 0 Å². The van der Waals surface area contributed by atoms with Crippen LogP contribution in [-0.4, -0.2) is 69.9 Å². The molecule has 1 aliphatic carbocycles. The number of amides is 2. The summed E-state index contributed by atoms with van der Waals surface area (Å²) < 4.78 is 0. The smallest absolute Gasteiger partial charge is 0.353 e. The highest BCUT2D eigenvalue weighted by molar-refractivity contribution is 8.03. The van der Waals surface area contributed by atoms with Crippen LogP contribution in [0.2, 0.25) is 0 Å². The van der Waals surface area contributed by atoms with Gasteiger partial charge in [-0.2, -0.15) is 0 Å². The molecule has 2 saturated heterocycles. The van der Waals surface area contributed by atoms with Crippen LogP contribution >= 0.6 is 11.8 Å².